The Labute approximate surface area is 150 Å². The minimum Gasteiger partial charge on any atom is -0.340 e. The lowest BCUT2D eigenvalue weighted by atomic mass is 9.93. The average molecular weight is 337 g/mol. The summed E-state index contributed by atoms with van der Waals surface area (Å²) in [6.07, 6.45) is 5.66. The van der Waals surface area contributed by atoms with Crippen molar-refractivity contribution in [3.05, 3.63) is 66.0 Å². The van der Waals surface area contributed by atoms with Gasteiger partial charge in [0.25, 0.3) is 0 Å². The van der Waals surface area contributed by atoms with Crippen LogP contribution in [0.4, 0.5) is 0 Å². The molecule has 0 N–H and O–H groups in total. The van der Waals surface area contributed by atoms with Crippen molar-refractivity contribution >= 4 is 5.91 Å². The van der Waals surface area contributed by atoms with Crippen LogP contribution in [-0.4, -0.2) is 46.9 Å². The van der Waals surface area contributed by atoms with Gasteiger partial charge < -0.3 is 4.90 Å². The molecule has 1 amide bonds. The molecule has 0 spiro atoms. The maximum absolute atomic E-state index is 13.1. The lowest BCUT2D eigenvalue weighted by Gasteiger charge is -2.36. The molecule has 2 heterocycles. The maximum Gasteiger partial charge on any atom is 0.230 e. The largest absolute Gasteiger partial charge is 0.340 e. The van der Waals surface area contributed by atoms with E-state index in [0.717, 1.165) is 51.1 Å². The van der Waals surface area contributed by atoms with Crippen LogP contribution < -0.4 is 0 Å². The standard InChI is InChI=1S/C21H27N3O/c1-2-7-20(19-9-4-3-5-10-19)21(25)24-14-12-23(13-15-24)17-18-8-6-11-22-16-18/h3-6,8-11,16,20H,2,7,12-15,17H2,1H3. The number of hydrogen-bond donors (Lipinski definition) is 0. The van der Waals surface area contributed by atoms with Crippen molar-refractivity contribution in [3.63, 3.8) is 0 Å². The molecule has 0 bridgehead atoms. The van der Waals surface area contributed by atoms with Crippen molar-refractivity contribution < 1.29 is 4.79 Å². The predicted octanol–water partition coefficient (Wildman–Crippen LogP) is 3.31. The first-order chi connectivity index (χ1) is 12.3. The summed E-state index contributed by atoms with van der Waals surface area (Å²) in [4.78, 5) is 21.7. The van der Waals surface area contributed by atoms with Crippen LogP contribution in [0.25, 0.3) is 0 Å². The van der Waals surface area contributed by atoms with Crippen LogP contribution in [0.15, 0.2) is 54.9 Å². The van der Waals surface area contributed by atoms with Crippen molar-refractivity contribution in [2.24, 2.45) is 0 Å². The quantitative estimate of drug-likeness (QED) is 0.811. The Morgan fingerprint density at radius 2 is 1.84 bits per heavy atom. The normalized spacial score (nSPS) is 16.6. The van der Waals surface area contributed by atoms with Gasteiger partial charge in [-0.25, -0.2) is 0 Å². The molecule has 4 nitrogen and oxygen atoms in total. The SMILES string of the molecule is CCCC(C(=O)N1CCN(Cc2cccnc2)CC1)c1ccccc1. The Morgan fingerprint density at radius 1 is 1.08 bits per heavy atom. The van der Waals surface area contributed by atoms with Crippen LogP contribution in [0.5, 0.6) is 0 Å². The van der Waals surface area contributed by atoms with E-state index in [1.54, 1.807) is 6.20 Å². The zero-order valence-corrected chi connectivity index (χ0v) is 15.0. The molecule has 1 aliphatic heterocycles. The minimum absolute atomic E-state index is 0.00364. The van der Waals surface area contributed by atoms with Gasteiger partial charge in [0.05, 0.1) is 5.92 Å². The number of amides is 1. The first-order valence-electron chi connectivity index (χ1n) is 9.23. The maximum atomic E-state index is 13.1. The Hall–Kier alpha value is -2.20. The summed E-state index contributed by atoms with van der Waals surface area (Å²) in [5.41, 5.74) is 2.38. The van der Waals surface area contributed by atoms with E-state index >= 15 is 0 Å². The van der Waals surface area contributed by atoms with Gasteiger partial charge in [-0.1, -0.05) is 49.7 Å². The van der Waals surface area contributed by atoms with E-state index in [9.17, 15) is 4.79 Å². The summed E-state index contributed by atoms with van der Waals surface area (Å²) in [5.74, 6) is 0.283. The van der Waals surface area contributed by atoms with E-state index in [2.05, 4.69) is 35.0 Å². The van der Waals surface area contributed by atoms with E-state index in [4.69, 9.17) is 0 Å². The molecule has 2 aromatic rings. The summed E-state index contributed by atoms with van der Waals surface area (Å²) < 4.78 is 0. The van der Waals surface area contributed by atoms with Gasteiger partial charge in [-0.05, 0) is 23.6 Å². The zero-order chi connectivity index (χ0) is 17.5. The number of piperazine rings is 1. The van der Waals surface area contributed by atoms with Gasteiger partial charge in [-0.3, -0.25) is 14.7 Å². The number of nitrogens with zero attached hydrogens (tertiary/aromatic N) is 3. The summed E-state index contributed by atoms with van der Waals surface area (Å²) >= 11 is 0. The fourth-order valence-electron chi connectivity index (χ4n) is 3.50. The molecule has 3 rings (SSSR count). The molecule has 0 saturated carbocycles. The predicted molar refractivity (Wildman–Crippen MR) is 100 cm³/mol. The van der Waals surface area contributed by atoms with E-state index in [1.807, 2.05) is 35.4 Å². The number of rotatable bonds is 6. The number of carbonyl (C=O) groups is 1. The summed E-state index contributed by atoms with van der Waals surface area (Å²) in [6.45, 7) is 6.53. The number of pyridine rings is 1. The molecule has 1 atom stereocenters. The molecule has 132 valence electrons. The third kappa shape index (κ3) is 4.67. The lowest BCUT2D eigenvalue weighted by molar-refractivity contribution is -0.134. The van der Waals surface area contributed by atoms with Gasteiger partial charge in [-0.15, -0.1) is 0 Å². The molecule has 1 fully saturated rings. The average Bonchev–Trinajstić information content (AvgIpc) is 2.68. The first kappa shape index (κ1) is 17.6. The van der Waals surface area contributed by atoms with Crippen LogP contribution >= 0.6 is 0 Å². The summed E-state index contributed by atoms with van der Waals surface area (Å²) in [6, 6.07) is 14.3. The van der Waals surface area contributed by atoms with Crippen molar-refractivity contribution in [2.45, 2.75) is 32.2 Å². The van der Waals surface area contributed by atoms with Crippen molar-refractivity contribution in [1.29, 1.82) is 0 Å². The van der Waals surface area contributed by atoms with E-state index in [-0.39, 0.29) is 11.8 Å². The Bertz CT molecular complexity index is 651. The molecule has 0 aliphatic carbocycles. The highest BCUT2D eigenvalue weighted by atomic mass is 16.2. The van der Waals surface area contributed by atoms with Crippen molar-refractivity contribution in [2.75, 3.05) is 26.2 Å². The van der Waals surface area contributed by atoms with Gasteiger partial charge in [0.1, 0.15) is 0 Å². The fourth-order valence-corrected chi connectivity index (χ4v) is 3.50. The van der Waals surface area contributed by atoms with Crippen LogP contribution in [0.2, 0.25) is 0 Å². The molecule has 1 aromatic heterocycles. The third-order valence-electron chi connectivity index (χ3n) is 4.89. The number of carbonyl (C=O) groups excluding carboxylic acids is 1. The molecule has 25 heavy (non-hydrogen) atoms. The highest BCUT2D eigenvalue weighted by Crippen LogP contribution is 2.24. The molecule has 1 unspecified atom stereocenters. The second kappa shape index (κ2) is 8.77. The van der Waals surface area contributed by atoms with Gasteiger partial charge >= 0.3 is 0 Å². The Kier molecular flexibility index (Phi) is 6.18. The molecule has 4 heteroatoms. The molecule has 1 aliphatic rings. The zero-order valence-electron chi connectivity index (χ0n) is 15.0. The molecule has 1 aromatic carbocycles. The molecule has 1 saturated heterocycles. The molecular formula is C21H27N3O. The second-order valence-corrected chi connectivity index (χ2v) is 6.71. The highest BCUT2D eigenvalue weighted by Gasteiger charge is 2.27. The highest BCUT2D eigenvalue weighted by molar-refractivity contribution is 5.83. The smallest absolute Gasteiger partial charge is 0.230 e. The topological polar surface area (TPSA) is 36.4 Å². The van der Waals surface area contributed by atoms with E-state index in [0.29, 0.717) is 0 Å². The Morgan fingerprint density at radius 3 is 2.48 bits per heavy atom. The Balaban J connectivity index is 1.58. The van der Waals surface area contributed by atoms with Gasteiger partial charge in [0.2, 0.25) is 5.91 Å². The number of hydrogen-bond acceptors (Lipinski definition) is 3. The van der Waals surface area contributed by atoms with Crippen molar-refractivity contribution in [3.8, 4) is 0 Å². The summed E-state index contributed by atoms with van der Waals surface area (Å²) in [7, 11) is 0. The fraction of sp³-hybridized carbons (Fsp3) is 0.429. The van der Waals surface area contributed by atoms with E-state index < -0.39 is 0 Å². The summed E-state index contributed by atoms with van der Waals surface area (Å²) in [5, 5.41) is 0. The van der Waals surface area contributed by atoms with E-state index in [1.165, 1.54) is 5.56 Å². The van der Waals surface area contributed by atoms with Gasteiger partial charge in [0, 0.05) is 45.1 Å². The number of aromatic nitrogens is 1. The van der Waals surface area contributed by atoms with Crippen LogP contribution in [0.1, 0.15) is 36.8 Å². The first-order valence-corrected chi connectivity index (χ1v) is 9.23. The third-order valence-corrected chi connectivity index (χ3v) is 4.89. The number of benzene rings is 1. The monoisotopic (exact) mass is 337 g/mol. The minimum atomic E-state index is -0.00364. The molecular weight excluding hydrogens is 310 g/mol. The van der Waals surface area contributed by atoms with Crippen LogP contribution in [0.3, 0.4) is 0 Å². The van der Waals surface area contributed by atoms with Gasteiger partial charge in [-0.2, -0.15) is 0 Å². The van der Waals surface area contributed by atoms with Crippen molar-refractivity contribution in [1.82, 2.24) is 14.8 Å². The van der Waals surface area contributed by atoms with Crippen LogP contribution in [-0.2, 0) is 11.3 Å². The second-order valence-electron chi connectivity index (χ2n) is 6.71. The molecule has 0 radical (unpaired) electrons. The van der Waals surface area contributed by atoms with Gasteiger partial charge in [0.15, 0.2) is 0 Å². The van der Waals surface area contributed by atoms with Crippen LogP contribution in [0, 0.1) is 0 Å². The lowest BCUT2D eigenvalue weighted by Crippen LogP contribution is -2.49.